The smallest absolute Gasteiger partial charge is 0.217 e. The van der Waals surface area contributed by atoms with Crippen molar-refractivity contribution in [1.29, 1.82) is 0 Å². The Balaban J connectivity index is 3.96. The second kappa shape index (κ2) is 6.06. The fourth-order valence-electron chi connectivity index (χ4n) is 0.816. The highest BCUT2D eigenvalue weighted by molar-refractivity contribution is 8.13. The van der Waals surface area contributed by atoms with Gasteiger partial charge >= 0.3 is 0 Å². The SMILES string of the molecule is CCSC(=O)C(CC)NC(C)=O. The second-order valence-electron chi connectivity index (χ2n) is 2.41. The van der Waals surface area contributed by atoms with Gasteiger partial charge in [0.05, 0.1) is 6.04 Å². The number of rotatable bonds is 4. The number of hydrogen-bond acceptors (Lipinski definition) is 3. The maximum Gasteiger partial charge on any atom is 0.217 e. The van der Waals surface area contributed by atoms with Crippen LogP contribution in [0.1, 0.15) is 27.2 Å². The minimum atomic E-state index is -0.313. The lowest BCUT2D eigenvalue weighted by Gasteiger charge is -2.12. The summed E-state index contributed by atoms with van der Waals surface area (Å²) in [4.78, 5) is 21.9. The number of carbonyl (C=O) groups excluding carboxylic acids is 2. The first-order valence-electron chi connectivity index (χ1n) is 4.05. The van der Waals surface area contributed by atoms with Gasteiger partial charge in [0.25, 0.3) is 0 Å². The number of nitrogens with one attached hydrogen (secondary N) is 1. The van der Waals surface area contributed by atoms with Crippen LogP contribution in [0.3, 0.4) is 0 Å². The van der Waals surface area contributed by atoms with Gasteiger partial charge in [0, 0.05) is 6.92 Å². The highest BCUT2D eigenvalue weighted by Crippen LogP contribution is 2.07. The number of carbonyl (C=O) groups is 2. The van der Waals surface area contributed by atoms with Crippen molar-refractivity contribution in [3.8, 4) is 0 Å². The van der Waals surface area contributed by atoms with Gasteiger partial charge in [-0.2, -0.15) is 0 Å². The van der Waals surface area contributed by atoms with E-state index in [1.54, 1.807) is 0 Å². The second-order valence-corrected chi connectivity index (χ2v) is 3.68. The van der Waals surface area contributed by atoms with Crippen LogP contribution in [-0.4, -0.2) is 22.8 Å². The van der Waals surface area contributed by atoms with Crippen molar-refractivity contribution in [2.45, 2.75) is 33.2 Å². The Morgan fingerprint density at radius 1 is 1.42 bits per heavy atom. The molecule has 0 aromatic rings. The van der Waals surface area contributed by atoms with E-state index in [0.717, 1.165) is 5.75 Å². The Kier molecular flexibility index (Phi) is 5.80. The van der Waals surface area contributed by atoms with Crippen LogP contribution in [-0.2, 0) is 9.59 Å². The van der Waals surface area contributed by atoms with Crippen LogP contribution in [0.25, 0.3) is 0 Å². The van der Waals surface area contributed by atoms with Crippen LogP contribution < -0.4 is 5.32 Å². The topological polar surface area (TPSA) is 46.2 Å². The molecule has 0 saturated heterocycles. The zero-order valence-corrected chi connectivity index (χ0v) is 8.53. The Hall–Kier alpha value is -0.510. The zero-order valence-electron chi connectivity index (χ0n) is 7.72. The molecule has 0 aromatic heterocycles. The Morgan fingerprint density at radius 2 is 2.00 bits per heavy atom. The fourth-order valence-corrected chi connectivity index (χ4v) is 1.53. The van der Waals surface area contributed by atoms with Crippen LogP contribution in [0.15, 0.2) is 0 Å². The summed E-state index contributed by atoms with van der Waals surface area (Å²) in [6.45, 7) is 5.23. The normalized spacial score (nSPS) is 12.2. The molecule has 12 heavy (non-hydrogen) atoms. The molecule has 0 aromatic carbocycles. The van der Waals surface area contributed by atoms with Gasteiger partial charge < -0.3 is 5.32 Å². The summed E-state index contributed by atoms with van der Waals surface area (Å²) in [5, 5.41) is 2.66. The number of amides is 1. The van der Waals surface area contributed by atoms with Crippen molar-refractivity contribution in [3.05, 3.63) is 0 Å². The van der Waals surface area contributed by atoms with Crippen molar-refractivity contribution >= 4 is 22.8 Å². The van der Waals surface area contributed by atoms with Crippen molar-refractivity contribution in [1.82, 2.24) is 5.32 Å². The quantitative estimate of drug-likeness (QED) is 0.722. The third kappa shape index (κ3) is 4.38. The highest BCUT2D eigenvalue weighted by Gasteiger charge is 2.16. The summed E-state index contributed by atoms with van der Waals surface area (Å²) < 4.78 is 0. The van der Waals surface area contributed by atoms with E-state index >= 15 is 0 Å². The van der Waals surface area contributed by atoms with Gasteiger partial charge in [-0.15, -0.1) is 0 Å². The van der Waals surface area contributed by atoms with Gasteiger partial charge in [0.2, 0.25) is 11.0 Å². The van der Waals surface area contributed by atoms with E-state index in [0.29, 0.717) is 6.42 Å². The van der Waals surface area contributed by atoms with Crippen LogP contribution in [0.4, 0.5) is 0 Å². The van der Waals surface area contributed by atoms with Crippen LogP contribution >= 0.6 is 11.8 Å². The molecule has 3 nitrogen and oxygen atoms in total. The largest absolute Gasteiger partial charge is 0.346 e. The molecule has 4 heteroatoms. The molecular formula is C8H15NO2S. The third-order valence-electron chi connectivity index (χ3n) is 1.36. The maximum absolute atomic E-state index is 11.3. The zero-order chi connectivity index (χ0) is 9.56. The molecule has 0 aliphatic carbocycles. The van der Waals surface area contributed by atoms with Crippen molar-refractivity contribution in [3.63, 3.8) is 0 Å². The standard InChI is InChI=1S/C8H15NO2S/c1-4-7(9-6(3)10)8(11)12-5-2/h7H,4-5H2,1-3H3,(H,9,10). The maximum atomic E-state index is 11.3. The van der Waals surface area contributed by atoms with Gasteiger partial charge in [0.15, 0.2) is 0 Å². The molecule has 0 aliphatic heterocycles. The fraction of sp³-hybridized carbons (Fsp3) is 0.750. The molecule has 1 N–H and O–H groups in total. The molecule has 1 amide bonds. The molecule has 0 radical (unpaired) electrons. The van der Waals surface area contributed by atoms with E-state index in [4.69, 9.17) is 0 Å². The third-order valence-corrected chi connectivity index (χ3v) is 2.21. The van der Waals surface area contributed by atoms with Crippen LogP contribution in [0, 0.1) is 0 Å². The molecule has 0 fully saturated rings. The van der Waals surface area contributed by atoms with Gasteiger partial charge in [-0.1, -0.05) is 25.6 Å². The molecule has 70 valence electrons. The van der Waals surface area contributed by atoms with Crippen molar-refractivity contribution < 1.29 is 9.59 Å². The Morgan fingerprint density at radius 3 is 2.33 bits per heavy atom. The summed E-state index contributed by atoms with van der Waals surface area (Å²) >= 11 is 1.25. The average Bonchev–Trinajstić information content (AvgIpc) is 2.00. The molecule has 0 spiro atoms. The average molecular weight is 189 g/mol. The minimum absolute atomic E-state index is 0.0511. The molecule has 1 atom stereocenters. The summed E-state index contributed by atoms with van der Waals surface area (Å²) in [6, 6.07) is -0.313. The molecule has 0 bridgehead atoms. The summed E-state index contributed by atoms with van der Waals surface area (Å²) in [5.74, 6) is 0.612. The van der Waals surface area contributed by atoms with Gasteiger partial charge in [-0.25, -0.2) is 0 Å². The lowest BCUT2D eigenvalue weighted by atomic mass is 10.2. The summed E-state index contributed by atoms with van der Waals surface area (Å²) in [6.07, 6.45) is 0.658. The monoisotopic (exact) mass is 189 g/mol. The molecular weight excluding hydrogens is 174 g/mol. The number of thioether (sulfide) groups is 1. The molecule has 0 saturated carbocycles. The van der Waals surface area contributed by atoms with Gasteiger partial charge in [-0.3, -0.25) is 9.59 Å². The van der Waals surface area contributed by atoms with E-state index in [2.05, 4.69) is 5.32 Å². The summed E-state index contributed by atoms with van der Waals surface area (Å²) in [7, 11) is 0. The molecule has 0 rings (SSSR count). The first-order chi connectivity index (χ1) is 5.61. The van der Waals surface area contributed by atoms with E-state index in [-0.39, 0.29) is 17.1 Å². The lowest BCUT2D eigenvalue weighted by Crippen LogP contribution is -2.37. The van der Waals surface area contributed by atoms with Gasteiger partial charge in [0.1, 0.15) is 0 Å². The Labute approximate surface area is 77.3 Å². The van der Waals surface area contributed by atoms with E-state index in [1.807, 2.05) is 13.8 Å². The van der Waals surface area contributed by atoms with E-state index < -0.39 is 0 Å². The molecule has 1 unspecified atom stereocenters. The lowest BCUT2D eigenvalue weighted by molar-refractivity contribution is -0.123. The first-order valence-corrected chi connectivity index (χ1v) is 5.04. The Bertz CT molecular complexity index is 170. The summed E-state index contributed by atoms with van der Waals surface area (Å²) in [5.41, 5.74) is 0. The van der Waals surface area contributed by atoms with Crippen LogP contribution in [0.5, 0.6) is 0 Å². The first kappa shape index (κ1) is 11.5. The number of hydrogen-bond donors (Lipinski definition) is 1. The predicted octanol–water partition coefficient (Wildman–Crippen LogP) is 1.18. The minimum Gasteiger partial charge on any atom is -0.346 e. The molecule has 0 aliphatic rings. The van der Waals surface area contributed by atoms with E-state index in [9.17, 15) is 9.59 Å². The molecule has 0 heterocycles. The van der Waals surface area contributed by atoms with Crippen molar-refractivity contribution in [2.24, 2.45) is 0 Å². The van der Waals surface area contributed by atoms with Gasteiger partial charge in [-0.05, 0) is 12.2 Å². The highest BCUT2D eigenvalue weighted by atomic mass is 32.2. The van der Waals surface area contributed by atoms with Crippen LogP contribution in [0.2, 0.25) is 0 Å². The van der Waals surface area contributed by atoms with Crippen molar-refractivity contribution in [2.75, 3.05) is 5.75 Å². The predicted molar refractivity (Wildman–Crippen MR) is 51.0 cm³/mol. The van der Waals surface area contributed by atoms with E-state index in [1.165, 1.54) is 18.7 Å².